The minimum Gasteiger partial charge on any atom is -0.394 e. The lowest BCUT2D eigenvalue weighted by atomic mass is 10.0. The van der Waals surface area contributed by atoms with E-state index in [-0.39, 0.29) is 12.5 Å². The monoisotopic (exact) mass is 248 g/mol. The van der Waals surface area contributed by atoms with Gasteiger partial charge < -0.3 is 25.0 Å². The second kappa shape index (κ2) is 6.87. The summed E-state index contributed by atoms with van der Waals surface area (Å²) >= 11 is 0. The number of carbonyl (C=O) groups is 1. The van der Waals surface area contributed by atoms with Gasteiger partial charge in [0.15, 0.2) is 0 Å². The van der Waals surface area contributed by atoms with Gasteiger partial charge in [0.25, 0.3) is 0 Å². The van der Waals surface area contributed by atoms with Crippen LogP contribution in [-0.2, 0) is 9.53 Å². The molecule has 0 aliphatic carbocycles. The molecular weight excluding hydrogens is 228 g/mol. The quantitative estimate of drug-likeness (QED) is 0.403. The van der Waals surface area contributed by atoms with Crippen molar-refractivity contribution in [1.82, 2.24) is 10.2 Å². The van der Waals surface area contributed by atoms with Gasteiger partial charge in [0.1, 0.15) is 0 Å². The molecule has 1 fully saturated rings. The molecule has 7 heteroatoms. The maximum Gasteiger partial charge on any atom is 0.236 e. The molecule has 1 aliphatic rings. The van der Waals surface area contributed by atoms with Crippen LogP contribution in [0.15, 0.2) is 0 Å². The molecule has 7 nitrogen and oxygen atoms in total. The molecule has 100 valence electrons. The van der Waals surface area contributed by atoms with Crippen molar-refractivity contribution in [3.63, 3.8) is 0 Å². The molecule has 1 amide bonds. The molecular formula is C10H20N2O5. The Labute approximate surface area is 100.0 Å². The predicted molar refractivity (Wildman–Crippen MR) is 59.4 cm³/mol. The average Bonchev–Trinajstić information content (AvgIpc) is 2.41. The zero-order chi connectivity index (χ0) is 12.7. The molecule has 1 heterocycles. The Morgan fingerprint density at radius 2 is 1.71 bits per heavy atom. The van der Waals surface area contributed by atoms with Gasteiger partial charge in [-0.25, -0.2) is 0 Å². The summed E-state index contributed by atoms with van der Waals surface area (Å²) in [5.74, 6) is -0.131. The first kappa shape index (κ1) is 14.3. The molecule has 0 aromatic rings. The van der Waals surface area contributed by atoms with Gasteiger partial charge in [-0.3, -0.25) is 10.1 Å². The number of amides is 1. The molecule has 1 rings (SSSR count). The fraction of sp³-hybridized carbons (Fsp3) is 0.900. The molecule has 0 aromatic heterocycles. The Bertz CT molecular complexity index is 231. The number of morpholine rings is 1. The standard InChI is InChI=1S/C10H20N2O5/c13-6-10(7-14,8-15)11-5-9(16)12-1-3-17-4-2-12/h11,13-15H,1-8H2. The fourth-order valence-electron chi connectivity index (χ4n) is 1.51. The maximum absolute atomic E-state index is 11.8. The van der Waals surface area contributed by atoms with Crippen LogP contribution in [0.4, 0.5) is 0 Å². The van der Waals surface area contributed by atoms with Crippen molar-refractivity contribution in [3.05, 3.63) is 0 Å². The first-order valence-electron chi connectivity index (χ1n) is 5.60. The van der Waals surface area contributed by atoms with Gasteiger partial charge in [0.2, 0.25) is 5.91 Å². The average molecular weight is 248 g/mol. The van der Waals surface area contributed by atoms with E-state index in [0.29, 0.717) is 26.3 Å². The highest BCUT2D eigenvalue weighted by atomic mass is 16.5. The topological polar surface area (TPSA) is 102 Å². The number of hydrogen-bond donors (Lipinski definition) is 4. The lowest BCUT2D eigenvalue weighted by molar-refractivity contribution is -0.135. The second-order valence-corrected chi connectivity index (χ2v) is 4.10. The Morgan fingerprint density at radius 3 is 2.18 bits per heavy atom. The summed E-state index contributed by atoms with van der Waals surface area (Å²) in [5, 5.41) is 29.9. The number of rotatable bonds is 6. The van der Waals surface area contributed by atoms with Gasteiger partial charge >= 0.3 is 0 Å². The zero-order valence-corrected chi connectivity index (χ0v) is 9.76. The highest BCUT2D eigenvalue weighted by molar-refractivity contribution is 5.78. The van der Waals surface area contributed by atoms with Crippen LogP contribution < -0.4 is 5.32 Å². The molecule has 4 N–H and O–H groups in total. The summed E-state index contributed by atoms with van der Waals surface area (Å²) in [7, 11) is 0. The van der Waals surface area contributed by atoms with Crippen LogP contribution in [0.3, 0.4) is 0 Å². The van der Waals surface area contributed by atoms with E-state index in [4.69, 9.17) is 20.1 Å². The van der Waals surface area contributed by atoms with Gasteiger partial charge in [0.05, 0.1) is 45.1 Å². The number of carbonyl (C=O) groups excluding carboxylic acids is 1. The fourth-order valence-corrected chi connectivity index (χ4v) is 1.51. The summed E-state index contributed by atoms with van der Waals surface area (Å²) in [6.07, 6.45) is 0. The summed E-state index contributed by atoms with van der Waals surface area (Å²) in [6.45, 7) is 0.814. The van der Waals surface area contributed by atoms with Crippen molar-refractivity contribution in [2.45, 2.75) is 5.54 Å². The van der Waals surface area contributed by atoms with Crippen LogP contribution in [-0.4, -0.2) is 84.3 Å². The Hall–Kier alpha value is -0.730. The van der Waals surface area contributed by atoms with Crippen molar-refractivity contribution in [3.8, 4) is 0 Å². The molecule has 0 atom stereocenters. The first-order valence-corrected chi connectivity index (χ1v) is 5.60. The minimum atomic E-state index is -1.21. The van der Waals surface area contributed by atoms with E-state index < -0.39 is 25.4 Å². The van der Waals surface area contributed by atoms with Crippen molar-refractivity contribution in [1.29, 1.82) is 0 Å². The van der Waals surface area contributed by atoms with Crippen molar-refractivity contribution in [2.75, 3.05) is 52.7 Å². The van der Waals surface area contributed by atoms with E-state index in [1.165, 1.54) is 0 Å². The second-order valence-electron chi connectivity index (χ2n) is 4.10. The summed E-state index contributed by atoms with van der Waals surface area (Å²) in [4.78, 5) is 13.4. The molecule has 0 radical (unpaired) electrons. The number of nitrogens with one attached hydrogen (secondary N) is 1. The van der Waals surface area contributed by atoms with Crippen molar-refractivity contribution >= 4 is 5.91 Å². The number of aliphatic hydroxyl groups is 3. The van der Waals surface area contributed by atoms with Crippen LogP contribution in [0.2, 0.25) is 0 Å². The smallest absolute Gasteiger partial charge is 0.236 e. The summed E-state index contributed by atoms with van der Waals surface area (Å²) in [5.41, 5.74) is -1.21. The van der Waals surface area contributed by atoms with E-state index in [2.05, 4.69) is 5.32 Å². The van der Waals surface area contributed by atoms with Crippen molar-refractivity contribution in [2.24, 2.45) is 0 Å². The summed E-state index contributed by atoms with van der Waals surface area (Å²) < 4.78 is 5.12. The van der Waals surface area contributed by atoms with Crippen LogP contribution in [0.1, 0.15) is 0 Å². The lowest BCUT2D eigenvalue weighted by Crippen LogP contribution is -2.58. The van der Waals surface area contributed by atoms with Crippen LogP contribution in [0, 0.1) is 0 Å². The Balaban J connectivity index is 2.40. The van der Waals surface area contributed by atoms with E-state index in [1.54, 1.807) is 4.90 Å². The Kier molecular flexibility index (Phi) is 5.79. The zero-order valence-electron chi connectivity index (χ0n) is 9.76. The normalized spacial score (nSPS) is 17.2. The number of aliphatic hydroxyl groups excluding tert-OH is 3. The van der Waals surface area contributed by atoms with Gasteiger partial charge in [-0.05, 0) is 0 Å². The SMILES string of the molecule is O=C(CNC(CO)(CO)CO)N1CCOCC1. The van der Waals surface area contributed by atoms with E-state index in [9.17, 15) is 4.79 Å². The molecule has 0 unspecified atom stereocenters. The third-order valence-electron chi connectivity index (χ3n) is 2.89. The van der Waals surface area contributed by atoms with E-state index >= 15 is 0 Å². The van der Waals surface area contributed by atoms with Gasteiger partial charge in [-0.2, -0.15) is 0 Å². The molecule has 0 bridgehead atoms. The third-order valence-corrected chi connectivity index (χ3v) is 2.89. The van der Waals surface area contributed by atoms with Crippen molar-refractivity contribution < 1.29 is 24.9 Å². The van der Waals surface area contributed by atoms with Gasteiger partial charge in [0, 0.05) is 13.1 Å². The first-order chi connectivity index (χ1) is 8.17. The minimum absolute atomic E-state index is 0.0261. The van der Waals surface area contributed by atoms with Crippen LogP contribution >= 0.6 is 0 Å². The van der Waals surface area contributed by atoms with Gasteiger partial charge in [-0.15, -0.1) is 0 Å². The molecule has 1 saturated heterocycles. The maximum atomic E-state index is 11.8. The predicted octanol–water partition coefficient (Wildman–Crippen LogP) is -2.85. The lowest BCUT2D eigenvalue weighted by Gasteiger charge is -2.31. The van der Waals surface area contributed by atoms with Crippen LogP contribution in [0.25, 0.3) is 0 Å². The molecule has 0 aromatic carbocycles. The van der Waals surface area contributed by atoms with E-state index in [0.717, 1.165) is 0 Å². The molecule has 1 aliphatic heterocycles. The summed E-state index contributed by atoms with van der Waals surface area (Å²) in [6, 6.07) is 0. The molecule has 17 heavy (non-hydrogen) atoms. The molecule has 0 saturated carbocycles. The van der Waals surface area contributed by atoms with Gasteiger partial charge in [-0.1, -0.05) is 0 Å². The highest BCUT2D eigenvalue weighted by Crippen LogP contribution is 2.02. The number of nitrogens with zero attached hydrogens (tertiary/aromatic N) is 1. The largest absolute Gasteiger partial charge is 0.394 e. The number of ether oxygens (including phenoxy) is 1. The number of hydrogen-bond acceptors (Lipinski definition) is 6. The van der Waals surface area contributed by atoms with Crippen LogP contribution in [0.5, 0.6) is 0 Å². The molecule has 0 spiro atoms. The Morgan fingerprint density at radius 1 is 1.18 bits per heavy atom. The van der Waals surface area contributed by atoms with E-state index in [1.807, 2.05) is 0 Å². The third kappa shape index (κ3) is 3.90. The highest BCUT2D eigenvalue weighted by Gasteiger charge is 2.29.